The van der Waals surface area contributed by atoms with Gasteiger partial charge in [0.1, 0.15) is 0 Å². The molecule has 2 heterocycles. The quantitative estimate of drug-likeness (QED) is 0.796. The van der Waals surface area contributed by atoms with E-state index in [1.54, 1.807) is 11.3 Å². The van der Waals surface area contributed by atoms with E-state index in [1.165, 1.54) is 15.8 Å². The second-order valence-corrected chi connectivity index (χ2v) is 6.54. The fraction of sp³-hybridized carbons (Fsp3) is 0.294. The highest BCUT2D eigenvalue weighted by Crippen LogP contribution is 2.31. The normalized spacial score (nSPS) is 12.8. The Morgan fingerprint density at radius 1 is 1.05 bits per heavy atom. The molecule has 0 saturated heterocycles. The van der Waals surface area contributed by atoms with Crippen molar-refractivity contribution in [3.8, 4) is 0 Å². The number of nitrogens with zero attached hydrogens (tertiary/aromatic N) is 2. The maximum absolute atomic E-state index is 4.57. The first kappa shape index (κ1) is 14.2. The minimum atomic E-state index is 0.182. The lowest BCUT2D eigenvalue weighted by atomic mass is 10.0. The zero-order valence-corrected chi connectivity index (χ0v) is 13.6. The number of hydrogen-bond acceptors (Lipinski definition) is 4. The standard InChI is InChI=1S/C17H19N3S/c1-10-5-6-13-9-14(7-8-15(13)19-10)16(18-4)17-11(2)20-12(3)21-17/h5-9,16,18H,1-4H3. The number of aromatic nitrogens is 2. The summed E-state index contributed by atoms with van der Waals surface area (Å²) in [6.45, 7) is 6.16. The molecule has 1 unspecified atom stereocenters. The fourth-order valence-corrected chi connectivity index (χ4v) is 3.76. The molecular weight excluding hydrogens is 278 g/mol. The third kappa shape index (κ3) is 2.69. The van der Waals surface area contributed by atoms with Crippen LogP contribution in [-0.2, 0) is 0 Å². The van der Waals surface area contributed by atoms with E-state index in [0.29, 0.717) is 0 Å². The third-order valence-corrected chi connectivity index (χ3v) is 4.81. The van der Waals surface area contributed by atoms with E-state index in [9.17, 15) is 0 Å². The number of nitrogens with one attached hydrogen (secondary N) is 1. The van der Waals surface area contributed by atoms with Crippen molar-refractivity contribution in [3.63, 3.8) is 0 Å². The van der Waals surface area contributed by atoms with Crippen LogP contribution >= 0.6 is 11.3 Å². The smallest absolute Gasteiger partial charge is 0.0900 e. The zero-order valence-electron chi connectivity index (χ0n) is 12.8. The van der Waals surface area contributed by atoms with Gasteiger partial charge in [-0.15, -0.1) is 11.3 Å². The molecule has 4 heteroatoms. The Labute approximate surface area is 129 Å². The Hall–Kier alpha value is -1.78. The second-order valence-electron chi connectivity index (χ2n) is 5.31. The average Bonchev–Trinajstić information content (AvgIpc) is 2.79. The van der Waals surface area contributed by atoms with Crippen LogP contribution in [0.2, 0.25) is 0 Å². The van der Waals surface area contributed by atoms with Gasteiger partial charge in [-0.05, 0) is 51.6 Å². The van der Waals surface area contributed by atoms with Gasteiger partial charge in [-0.2, -0.15) is 0 Å². The highest BCUT2D eigenvalue weighted by molar-refractivity contribution is 7.11. The van der Waals surface area contributed by atoms with E-state index in [4.69, 9.17) is 0 Å². The van der Waals surface area contributed by atoms with Crippen molar-refractivity contribution in [1.82, 2.24) is 15.3 Å². The van der Waals surface area contributed by atoms with Gasteiger partial charge in [0.05, 0.1) is 22.3 Å². The first-order chi connectivity index (χ1) is 10.1. The van der Waals surface area contributed by atoms with Crippen molar-refractivity contribution in [2.75, 3.05) is 7.05 Å². The number of pyridine rings is 1. The fourth-order valence-electron chi connectivity index (χ4n) is 2.69. The Bertz CT molecular complexity index is 792. The number of hydrogen-bond donors (Lipinski definition) is 1. The molecule has 0 aliphatic heterocycles. The predicted octanol–water partition coefficient (Wildman–Crippen LogP) is 3.93. The summed E-state index contributed by atoms with van der Waals surface area (Å²) < 4.78 is 0. The number of benzene rings is 1. The topological polar surface area (TPSA) is 37.8 Å². The lowest BCUT2D eigenvalue weighted by Crippen LogP contribution is -2.17. The van der Waals surface area contributed by atoms with Gasteiger partial charge in [0.25, 0.3) is 0 Å². The van der Waals surface area contributed by atoms with Crippen molar-refractivity contribution in [3.05, 3.63) is 57.2 Å². The van der Waals surface area contributed by atoms with Crippen molar-refractivity contribution in [2.24, 2.45) is 0 Å². The molecule has 3 rings (SSSR count). The maximum atomic E-state index is 4.57. The van der Waals surface area contributed by atoms with Crippen LogP contribution in [0, 0.1) is 20.8 Å². The van der Waals surface area contributed by atoms with Crippen LogP contribution in [0.15, 0.2) is 30.3 Å². The van der Waals surface area contributed by atoms with Crippen LogP contribution in [0.25, 0.3) is 10.9 Å². The first-order valence-electron chi connectivity index (χ1n) is 7.07. The summed E-state index contributed by atoms with van der Waals surface area (Å²) >= 11 is 1.76. The van der Waals surface area contributed by atoms with Crippen LogP contribution in [0.5, 0.6) is 0 Å². The van der Waals surface area contributed by atoms with Gasteiger partial charge in [0.2, 0.25) is 0 Å². The molecule has 3 nitrogen and oxygen atoms in total. The molecule has 0 spiro atoms. The zero-order chi connectivity index (χ0) is 15.0. The Morgan fingerprint density at radius 2 is 1.86 bits per heavy atom. The van der Waals surface area contributed by atoms with Crippen LogP contribution in [-0.4, -0.2) is 17.0 Å². The Balaban J connectivity index is 2.08. The maximum Gasteiger partial charge on any atom is 0.0900 e. The number of thiazole rings is 1. The molecule has 0 aliphatic carbocycles. The van der Waals surface area contributed by atoms with Crippen molar-refractivity contribution < 1.29 is 0 Å². The minimum Gasteiger partial charge on any atom is -0.309 e. The van der Waals surface area contributed by atoms with Crippen molar-refractivity contribution in [1.29, 1.82) is 0 Å². The van der Waals surface area contributed by atoms with Crippen LogP contribution in [0.3, 0.4) is 0 Å². The molecule has 2 aromatic heterocycles. The minimum absolute atomic E-state index is 0.182. The average molecular weight is 297 g/mol. The molecule has 0 fully saturated rings. The summed E-state index contributed by atoms with van der Waals surface area (Å²) in [4.78, 5) is 10.4. The summed E-state index contributed by atoms with van der Waals surface area (Å²) in [7, 11) is 2.00. The molecule has 21 heavy (non-hydrogen) atoms. The summed E-state index contributed by atoms with van der Waals surface area (Å²) in [5, 5.41) is 5.70. The second kappa shape index (κ2) is 5.54. The summed E-state index contributed by atoms with van der Waals surface area (Å²) in [5.41, 5.74) is 4.46. The van der Waals surface area contributed by atoms with Crippen molar-refractivity contribution in [2.45, 2.75) is 26.8 Å². The summed E-state index contributed by atoms with van der Waals surface area (Å²) in [6.07, 6.45) is 0. The monoisotopic (exact) mass is 297 g/mol. The van der Waals surface area contributed by atoms with E-state index in [1.807, 2.05) is 14.0 Å². The molecule has 108 valence electrons. The third-order valence-electron chi connectivity index (χ3n) is 3.68. The van der Waals surface area contributed by atoms with Gasteiger partial charge < -0.3 is 5.32 Å². The number of rotatable bonds is 3. The van der Waals surface area contributed by atoms with Crippen molar-refractivity contribution >= 4 is 22.2 Å². The van der Waals surface area contributed by atoms with Crippen LogP contribution in [0.1, 0.15) is 32.9 Å². The van der Waals surface area contributed by atoms with Gasteiger partial charge in [-0.1, -0.05) is 12.1 Å². The van der Waals surface area contributed by atoms with E-state index in [-0.39, 0.29) is 6.04 Å². The molecule has 0 amide bonds. The first-order valence-corrected chi connectivity index (χ1v) is 7.88. The number of aryl methyl sites for hydroxylation is 3. The lowest BCUT2D eigenvalue weighted by molar-refractivity contribution is 0.698. The van der Waals surface area contributed by atoms with Gasteiger partial charge in [-0.25, -0.2) is 4.98 Å². The molecule has 0 saturated carbocycles. The van der Waals surface area contributed by atoms with Gasteiger partial charge in [0.15, 0.2) is 0 Å². The predicted molar refractivity (Wildman–Crippen MR) is 89.0 cm³/mol. The molecule has 3 aromatic rings. The molecule has 1 atom stereocenters. The van der Waals surface area contributed by atoms with E-state index in [2.05, 4.69) is 59.5 Å². The molecule has 1 N–H and O–H groups in total. The molecule has 0 bridgehead atoms. The van der Waals surface area contributed by atoms with E-state index >= 15 is 0 Å². The van der Waals surface area contributed by atoms with Gasteiger partial charge >= 0.3 is 0 Å². The number of fused-ring (bicyclic) bond motifs is 1. The highest BCUT2D eigenvalue weighted by Gasteiger charge is 2.18. The largest absolute Gasteiger partial charge is 0.309 e. The Kier molecular flexibility index (Phi) is 3.74. The van der Waals surface area contributed by atoms with Gasteiger partial charge in [-0.3, -0.25) is 4.98 Å². The van der Waals surface area contributed by atoms with Gasteiger partial charge in [0, 0.05) is 16.0 Å². The summed E-state index contributed by atoms with van der Waals surface area (Å²) in [6, 6.07) is 10.9. The van der Waals surface area contributed by atoms with Crippen LogP contribution in [0.4, 0.5) is 0 Å². The highest BCUT2D eigenvalue weighted by atomic mass is 32.1. The van der Waals surface area contributed by atoms with Crippen LogP contribution < -0.4 is 5.32 Å². The summed E-state index contributed by atoms with van der Waals surface area (Å²) in [5.74, 6) is 0. The van der Waals surface area contributed by atoms with E-state index < -0.39 is 0 Å². The SMILES string of the molecule is CNC(c1ccc2nc(C)ccc2c1)c1sc(C)nc1C. The molecular formula is C17H19N3S. The molecule has 0 aliphatic rings. The molecule has 0 radical (unpaired) electrons. The molecule has 1 aromatic carbocycles. The Morgan fingerprint density at radius 3 is 2.52 bits per heavy atom. The van der Waals surface area contributed by atoms with E-state index in [0.717, 1.165) is 21.9 Å². The lowest BCUT2D eigenvalue weighted by Gasteiger charge is -2.16.